The smallest absolute Gasteiger partial charge is 0.258 e. The summed E-state index contributed by atoms with van der Waals surface area (Å²) in [5.74, 6) is 2.40. The van der Waals surface area contributed by atoms with Crippen LogP contribution in [0.4, 0.5) is 5.69 Å². The molecule has 6 nitrogen and oxygen atoms in total. The monoisotopic (exact) mass is 413 g/mol. The Morgan fingerprint density at radius 2 is 1.83 bits per heavy atom. The van der Waals surface area contributed by atoms with Crippen LogP contribution in [0.1, 0.15) is 11.1 Å². The topological polar surface area (TPSA) is 70.7 Å². The molecule has 0 aromatic heterocycles. The predicted molar refractivity (Wildman–Crippen MR) is 117 cm³/mol. The molecule has 2 aromatic carbocycles. The van der Waals surface area contributed by atoms with E-state index in [1.807, 2.05) is 43.0 Å². The number of nitrogens with zero attached hydrogens (tertiary/aromatic N) is 1. The molecule has 1 saturated heterocycles. The maximum atomic E-state index is 12.2. The van der Waals surface area contributed by atoms with Gasteiger partial charge in [0.2, 0.25) is 5.91 Å². The number of carbonyl (C=O) groups is 2. The van der Waals surface area contributed by atoms with Crippen LogP contribution in [0.25, 0.3) is 0 Å². The SMILES string of the molecule is Cc1cc(CN2CCSCC2)ccc1NC(=O)CNC(=O)COc1ccccc1. The summed E-state index contributed by atoms with van der Waals surface area (Å²) in [4.78, 5) is 26.5. The molecule has 1 aliphatic heterocycles. The number of thioether (sulfide) groups is 1. The Hall–Kier alpha value is -2.51. The molecule has 2 aromatic rings. The Morgan fingerprint density at radius 3 is 2.55 bits per heavy atom. The fraction of sp³-hybridized carbons (Fsp3) is 0.364. The van der Waals surface area contributed by atoms with E-state index in [0.29, 0.717) is 5.75 Å². The maximum absolute atomic E-state index is 12.2. The summed E-state index contributed by atoms with van der Waals surface area (Å²) in [7, 11) is 0. The van der Waals surface area contributed by atoms with Crippen molar-refractivity contribution in [3.63, 3.8) is 0 Å². The number of hydrogen-bond acceptors (Lipinski definition) is 5. The fourth-order valence-corrected chi connectivity index (χ4v) is 4.05. The molecule has 0 spiro atoms. The van der Waals surface area contributed by atoms with E-state index in [4.69, 9.17) is 4.74 Å². The number of aryl methyl sites for hydroxylation is 1. The van der Waals surface area contributed by atoms with Gasteiger partial charge in [-0.2, -0.15) is 11.8 Å². The van der Waals surface area contributed by atoms with E-state index in [-0.39, 0.29) is 25.0 Å². The standard InChI is InChI=1S/C22H27N3O3S/c1-17-13-18(15-25-9-11-29-12-10-25)7-8-20(17)24-21(26)14-23-22(27)16-28-19-5-3-2-4-6-19/h2-8,13H,9-12,14-16H2,1H3,(H,23,27)(H,24,26). The maximum Gasteiger partial charge on any atom is 0.258 e. The number of amides is 2. The Balaban J connectivity index is 1.41. The van der Waals surface area contributed by atoms with Gasteiger partial charge in [-0.3, -0.25) is 14.5 Å². The summed E-state index contributed by atoms with van der Waals surface area (Å²) in [5, 5.41) is 5.43. The first-order chi connectivity index (χ1) is 14.1. The van der Waals surface area contributed by atoms with Crippen LogP contribution in [-0.4, -0.2) is 54.5 Å². The molecule has 1 aliphatic rings. The Morgan fingerprint density at radius 1 is 1.07 bits per heavy atom. The lowest BCUT2D eigenvalue weighted by molar-refractivity contribution is -0.125. The third-order valence-electron chi connectivity index (χ3n) is 4.63. The molecule has 2 amide bonds. The van der Waals surface area contributed by atoms with Crippen LogP contribution in [0, 0.1) is 6.92 Å². The van der Waals surface area contributed by atoms with Gasteiger partial charge >= 0.3 is 0 Å². The number of nitrogens with one attached hydrogen (secondary N) is 2. The molecule has 0 saturated carbocycles. The van der Waals surface area contributed by atoms with Gasteiger partial charge < -0.3 is 15.4 Å². The van der Waals surface area contributed by atoms with E-state index < -0.39 is 0 Å². The molecule has 0 aliphatic carbocycles. The van der Waals surface area contributed by atoms with E-state index in [2.05, 4.69) is 27.7 Å². The second-order valence-corrected chi connectivity index (χ2v) is 8.19. The minimum Gasteiger partial charge on any atom is -0.484 e. The van der Waals surface area contributed by atoms with Gasteiger partial charge in [-0.25, -0.2) is 0 Å². The predicted octanol–water partition coefficient (Wildman–Crippen LogP) is 2.68. The minimum atomic E-state index is -0.337. The minimum absolute atomic E-state index is 0.0936. The van der Waals surface area contributed by atoms with Crippen molar-refractivity contribution in [1.29, 1.82) is 0 Å². The Bertz CT molecular complexity index is 823. The number of rotatable bonds is 8. The number of ether oxygens (including phenoxy) is 1. The number of hydrogen-bond donors (Lipinski definition) is 2. The van der Waals surface area contributed by atoms with Crippen molar-refractivity contribution in [2.45, 2.75) is 13.5 Å². The molecule has 2 N–H and O–H groups in total. The highest BCUT2D eigenvalue weighted by atomic mass is 32.2. The number of para-hydroxylation sites is 1. The first-order valence-electron chi connectivity index (χ1n) is 9.74. The molecule has 29 heavy (non-hydrogen) atoms. The summed E-state index contributed by atoms with van der Waals surface area (Å²) in [6, 6.07) is 15.2. The van der Waals surface area contributed by atoms with Crippen molar-refractivity contribution in [3.8, 4) is 5.75 Å². The van der Waals surface area contributed by atoms with E-state index in [0.717, 1.165) is 30.9 Å². The van der Waals surface area contributed by atoms with E-state index >= 15 is 0 Å². The van der Waals surface area contributed by atoms with Crippen molar-refractivity contribution in [3.05, 3.63) is 59.7 Å². The van der Waals surface area contributed by atoms with Gasteiger partial charge in [0.1, 0.15) is 5.75 Å². The van der Waals surface area contributed by atoms with Gasteiger partial charge in [-0.15, -0.1) is 0 Å². The van der Waals surface area contributed by atoms with Crippen LogP contribution in [0.3, 0.4) is 0 Å². The van der Waals surface area contributed by atoms with Crippen molar-refractivity contribution in [1.82, 2.24) is 10.2 Å². The molecule has 0 radical (unpaired) electrons. The van der Waals surface area contributed by atoms with Crippen LogP contribution in [-0.2, 0) is 16.1 Å². The van der Waals surface area contributed by atoms with Crippen molar-refractivity contribution in [2.24, 2.45) is 0 Å². The summed E-state index contributed by atoms with van der Waals surface area (Å²) in [6.07, 6.45) is 0. The van der Waals surface area contributed by atoms with E-state index in [1.54, 1.807) is 12.1 Å². The molecule has 1 fully saturated rings. The lowest BCUT2D eigenvalue weighted by Gasteiger charge is -2.26. The molecule has 1 heterocycles. The van der Waals surface area contributed by atoms with Crippen LogP contribution in [0.5, 0.6) is 5.75 Å². The number of carbonyl (C=O) groups excluding carboxylic acids is 2. The average Bonchev–Trinajstić information content (AvgIpc) is 2.74. The molecule has 7 heteroatoms. The fourth-order valence-electron chi connectivity index (χ4n) is 3.07. The molecule has 0 bridgehead atoms. The normalized spacial score (nSPS) is 14.2. The largest absolute Gasteiger partial charge is 0.484 e. The summed E-state index contributed by atoms with van der Waals surface area (Å²) in [6.45, 7) is 4.94. The number of benzene rings is 2. The zero-order valence-electron chi connectivity index (χ0n) is 16.6. The highest BCUT2D eigenvalue weighted by Crippen LogP contribution is 2.19. The van der Waals surface area contributed by atoms with Gasteiger partial charge in [-0.1, -0.05) is 30.3 Å². The van der Waals surface area contributed by atoms with Gasteiger partial charge in [0.05, 0.1) is 6.54 Å². The lowest BCUT2D eigenvalue weighted by atomic mass is 10.1. The molecule has 3 rings (SSSR count). The zero-order valence-corrected chi connectivity index (χ0v) is 17.5. The van der Waals surface area contributed by atoms with E-state index in [1.165, 1.54) is 17.1 Å². The van der Waals surface area contributed by atoms with Crippen molar-refractivity contribution >= 4 is 29.3 Å². The molecule has 0 unspecified atom stereocenters. The quantitative estimate of drug-likeness (QED) is 0.696. The lowest BCUT2D eigenvalue weighted by Crippen LogP contribution is -2.35. The van der Waals surface area contributed by atoms with Gasteiger partial charge in [0.15, 0.2) is 6.61 Å². The Kier molecular flexibility index (Phi) is 7.95. The van der Waals surface area contributed by atoms with Crippen molar-refractivity contribution in [2.75, 3.05) is 43.1 Å². The van der Waals surface area contributed by atoms with Gasteiger partial charge in [0, 0.05) is 36.8 Å². The summed E-state index contributed by atoms with van der Waals surface area (Å²) >= 11 is 2.00. The summed E-state index contributed by atoms with van der Waals surface area (Å²) < 4.78 is 5.36. The molecule has 154 valence electrons. The van der Waals surface area contributed by atoms with Crippen LogP contribution < -0.4 is 15.4 Å². The average molecular weight is 414 g/mol. The second kappa shape index (κ2) is 10.9. The molecule has 0 atom stereocenters. The molecular formula is C22H27N3O3S. The third kappa shape index (κ3) is 7.11. The third-order valence-corrected chi connectivity index (χ3v) is 5.58. The van der Waals surface area contributed by atoms with Crippen LogP contribution in [0.15, 0.2) is 48.5 Å². The highest BCUT2D eigenvalue weighted by molar-refractivity contribution is 7.99. The van der Waals surface area contributed by atoms with Crippen LogP contribution >= 0.6 is 11.8 Å². The first kappa shape index (κ1) is 21.2. The highest BCUT2D eigenvalue weighted by Gasteiger charge is 2.12. The van der Waals surface area contributed by atoms with Crippen LogP contribution in [0.2, 0.25) is 0 Å². The molecular weight excluding hydrogens is 386 g/mol. The second-order valence-electron chi connectivity index (χ2n) is 6.96. The summed E-state index contributed by atoms with van der Waals surface area (Å²) in [5.41, 5.74) is 3.03. The zero-order chi connectivity index (χ0) is 20.5. The van der Waals surface area contributed by atoms with Gasteiger partial charge in [0.25, 0.3) is 5.91 Å². The number of anilines is 1. The van der Waals surface area contributed by atoms with E-state index in [9.17, 15) is 9.59 Å². The van der Waals surface area contributed by atoms with Crippen molar-refractivity contribution < 1.29 is 14.3 Å². The first-order valence-corrected chi connectivity index (χ1v) is 10.9. The van der Waals surface area contributed by atoms with Gasteiger partial charge in [-0.05, 0) is 36.2 Å². The Labute approximate surface area is 176 Å².